The van der Waals surface area contributed by atoms with E-state index in [2.05, 4.69) is 20.3 Å². The van der Waals surface area contributed by atoms with Crippen LogP contribution in [0, 0.1) is 0 Å². The highest BCUT2D eigenvalue weighted by Crippen LogP contribution is 2.26. The number of hydrogen-bond acceptors (Lipinski definition) is 7. The number of rotatable bonds is 8. The fourth-order valence-corrected chi connectivity index (χ4v) is 2.17. The van der Waals surface area contributed by atoms with E-state index < -0.39 is 0 Å². The third-order valence-corrected chi connectivity index (χ3v) is 3.26. The summed E-state index contributed by atoms with van der Waals surface area (Å²) in [5.74, 6) is -0.210. The highest BCUT2D eigenvalue weighted by Gasteiger charge is 2.17. The van der Waals surface area contributed by atoms with E-state index in [1.165, 1.54) is 7.05 Å². The molecule has 1 rings (SSSR count). The van der Waals surface area contributed by atoms with E-state index in [-0.39, 0.29) is 24.1 Å². The molecule has 0 aliphatic rings. The number of hydrogen-bond donors (Lipinski definition) is 4. The fraction of sp³-hybridized carbons (Fsp3) is 0.545. The predicted octanol–water partition coefficient (Wildman–Crippen LogP) is -0.351. The van der Waals surface area contributed by atoms with Crippen LogP contribution in [0.1, 0.15) is 16.8 Å². The molecule has 1 aromatic rings. The van der Waals surface area contributed by atoms with Gasteiger partial charge in [0, 0.05) is 33.7 Å². The van der Waals surface area contributed by atoms with Gasteiger partial charge in [0.1, 0.15) is 10.6 Å². The van der Waals surface area contributed by atoms with Gasteiger partial charge in [-0.05, 0) is 11.5 Å². The summed E-state index contributed by atoms with van der Waals surface area (Å²) >= 11 is 1.09. The molecule has 0 aliphatic heterocycles. The topological polar surface area (TPSA) is 118 Å². The Hall–Kier alpha value is -1.87. The summed E-state index contributed by atoms with van der Waals surface area (Å²) in [5.41, 5.74) is 5.95. The molecule has 20 heavy (non-hydrogen) atoms. The lowest BCUT2D eigenvalue weighted by molar-refractivity contribution is -0.121. The van der Waals surface area contributed by atoms with Gasteiger partial charge >= 0.3 is 0 Å². The minimum Gasteiger partial charge on any atom is -0.383 e. The van der Waals surface area contributed by atoms with Crippen molar-refractivity contribution in [2.24, 2.45) is 0 Å². The first kappa shape index (κ1) is 16.2. The average molecular weight is 301 g/mol. The molecule has 0 saturated heterocycles. The summed E-state index contributed by atoms with van der Waals surface area (Å²) in [6, 6.07) is 0. The molecule has 0 unspecified atom stereocenters. The van der Waals surface area contributed by atoms with E-state index in [1.807, 2.05) is 0 Å². The molecule has 9 heteroatoms. The van der Waals surface area contributed by atoms with Crippen LogP contribution in [0.5, 0.6) is 0 Å². The van der Waals surface area contributed by atoms with Crippen molar-refractivity contribution in [3.63, 3.8) is 0 Å². The molecule has 0 saturated carbocycles. The van der Waals surface area contributed by atoms with Gasteiger partial charge in [0.25, 0.3) is 5.91 Å². The summed E-state index contributed by atoms with van der Waals surface area (Å²) in [5, 5.41) is 8.76. The first-order valence-electron chi connectivity index (χ1n) is 6.06. The second-order valence-electron chi connectivity index (χ2n) is 3.87. The predicted molar refractivity (Wildman–Crippen MR) is 77.9 cm³/mol. The van der Waals surface area contributed by atoms with Crippen LogP contribution in [0.15, 0.2) is 0 Å². The van der Waals surface area contributed by atoms with Crippen molar-refractivity contribution in [1.82, 2.24) is 15.0 Å². The van der Waals surface area contributed by atoms with Crippen molar-refractivity contribution in [3.8, 4) is 0 Å². The number of carbonyl (C=O) groups excluding carboxylic acids is 2. The Kier molecular flexibility index (Phi) is 6.74. The van der Waals surface area contributed by atoms with Gasteiger partial charge < -0.3 is 26.4 Å². The lowest BCUT2D eigenvalue weighted by atomic mass is 10.3. The number of carbonyl (C=O) groups is 2. The van der Waals surface area contributed by atoms with Crippen molar-refractivity contribution in [2.45, 2.75) is 6.42 Å². The lowest BCUT2D eigenvalue weighted by Gasteiger charge is -2.07. The normalized spacial score (nSPS) is 10.1. The molecule has 0 radical (unpaired) electrons. The maximum Gasteiger partial charge on any atom is 0.257 e. The number of ether oxygens (including phenoxy) is 1. The van der Waals surface area contributed by atoms with Gasteiger partial charge in [-0.15, -0.1) is 0 Å². The van der Waals surface area contributed by atoms with Crippen molar-refractivity contribution in [2.75, 3.05) is 44.9 Å². The Balaban J connectivity index is 2.42. The molecule has 5 N–H and O–H groups in total. The minimum atomic E-state index is -0.303. The fourth-order valence-electron chi connectivity index (χ4n) is 1.44. The van der Waals surface area contributed by atoms with Crippen LogP contribution >= 0.6 is 11.5 Å². The van der Waals surface area contributed by atoms with Gasteiger partial charge in [0.05, 0.1) is 6.61 Å². The number of nitrogens with two attached hydrogens (primary N) is 1. The molecule has 2 amide bonds. The Labute approximate surface area is 121 Å². The van der Waals surface area contributed by atoms with Gasteiger partial charge in [-0.25, -0.2) is 0 Å². The summed E-state index contributed by atoms with van der Waals surface area (Å²) in [6.45, 7) is 1.35. The molecule has 0 atom stereocenters. The van der Waals surface area contributed by atoms with Crippen molar-refractivity contribution in [3.05, 3.63) is 5.56 Å². The Morgan fingerprint density at radius 1 is 1.40 bits per heavy atom. The maximum absolute atomic E-state index is 11.6. The van der Waals surface area contributed by atoms with E-state index in [1.54, 1.807) is 7.11 Å². The average Bonchev–Trinajstić information content (AvgIpc) is 2.79. The standard InChI is InChI=1S/C11H19N5O3S/c1-13-10(18)8-9(12)16-20-11(8)15-4-3-7(17)14-5-6-19-2/h15H,3-6H2,1-2H3,(H2,12,16)(H,13,18)(H,14,17). The van der Waals surface area contributed by atoms with E-state index in [0.29, 0.717) is 30.3 Å². The molecule has 0 aliphatic carbocycles. The number of methoxy groups -OCH3 is 1. The van der Waals surface area contributed by atoms with Crippen LogP contribution < -0.4 is 21.7 Å². The number of aromatic nitrogens is 1. The van der Waals surface area contributed by atoms with E-state index >= 15 is 0 Å². The van der Waals surface area contributed by atoms with Crippen LogP contribution in [0.3, 0.4) is 0 Å². The van der Waals surface area contributed by atoms with Gasteiger partial charge in [0.15, 0.2) is 5.82 Å². The molecule has 1 aromatic heterocycles. The third kappa shape index (κ3) is 4.67. The molecule has 0 fully saturated rings. The zero-order valence-electron chi connectivity index (χ0n) is 11.5. The number of amides is 2. The molecule has 0 bridgehead atoms. The Bertz CT molecular complexity index is 463. The number of anilines is 2. The number of nitrogens with one attached hydrogen (secondary N) is 3. The summed E-state index contributed by atoms with van der Waals surface area (Å²) < 4.78 is 8.75. The monoisotopic (exact) mass is 301 g/mol. The Morgan fingerprint density at radius 2 is 2.15 bits per heavy atom. The molecule has 1 heterocycles. The highest BCUT2D eigenvalue weighted by atomic mass is 32.1. The second kappa shape index (κ2) is 8.33. The molecular formula is C11H19N5O3S. The second-order valence-corrected chi connectivity index (χ2v) is 4.64. The van der Waals surface area contributed by atoms with Crippen LogP contribution in [0.25, 0.3) is 0 Å². The molecule has 0 aromatic carbocycles. The first-order valence-corrected chi connectivity index (χ1v) is 6.84. The lowest BCUT2D eigenvalue weighted by Crippen LogP contribution is -2.28. The molecule has 8 nitrogen and oxygen atoms in total. The minimum absolute atomic E-state index is 0.0893. The quantitative estimate of drug-likeness (QED) is 0.487. The van der Waals surface area contributed by atoms with Gasteiger partial charge in [-0.3, -0.25) is 9.59 Å². The SMILES string of the molecule is CNC(=O)c1c(N)nsc1NCCC(=O)NCCOC. The van der Waals surface area contributed by atoms with E-state index in [0.717, 1.165) is 11.5 Å². The summed E-state index contributed by atoms with van der Waals surface area (Å²) in [6.07, 6.45) is 0.286. The summed E-state index contributed by atoms with van der Waals surface area (Å²) in [4.78, 5) is 23.1. The van der Waals surface area contributed by atoms with Gasteiger partial charge in [0.2, 0.25) is 5.91 Å². The smallest absolute Gasteiger partial charge is 0.257 e. The van der Waals surface area contributed by atoms with E-state index in [9.17, 15) is 9.59 Å². The third-order valence-electron chi connectivity index (χ3n) is 2.44. The zero-order valence-corrected chi connectivity index (χ0v) is 12.3. The van der Waals surface area contributed by atoms with Crippen molar-refractivity contribution in [1.29, 1.82) is 0 Å². The van der Waals surface area contributed by atoms with E-state index in [4.69, 9.17) is 10.5 Å². The molecule has 0 spiro atoms. The van der Waals surface area contributed by atoms with Crippen molar-refractivity contribution >= 4 is 34.2 Å². The number of nitrogens with zero attached hydrogens (tertiary/aromatic N) is 1. The Morgan fingerprint density at radius 3 is 2.80 bits per heavy atom. The first-order chi connectivity index (χ1) is 9.60. The van der Waals surface area contributed by atoms with Crippen molar-refractivity contribution < 1.29 is 14.3 Å². The zero-order chi connectivity index (χ0) is 15.0. The van der Waals surface area contributed by atoms with Crippen LogP contribution in [-0.4, -0.2) is 50.0 Å². The van der Waals surface area contributed by atoms with Crippen LogP contribution in [0.4, 0.5) is 10.8 Å². The van der Waals surface area contributed by atoms with Gasteiger partial charge in [-0.1, -0.05) is 0 Å². The van der Waals surface area contributed by atoms with Crippen LogP contribution in [-0.2, 0) is 9.53 Å². The largest absolute Gasteiger partial charge is 0.383 e. The highest BCUT2D eigenvalue weighted by molar-refractivity contribution is 7.11. The van der Waals surface area contributed by atoms with Gasteiger partial charge in [-0.2, -0.15) is 4.37 Å². The maximum atomic E-state index is 11.6. The molecule has 112 valence electrons. The summed E-state index contributed by atoms with van der Waals surface area (Å²) in [7, 11) is 3.09. The number of nitrogen functional groups attached to an aromatic ring is 1. The molecular weight excluding hydrogens is 282 g/mol. The van der Waals surface area contributed by atoms with Crippen LogP contribution in [0.2, 0.25) is 0 Å².